The molecule has 0 aromatic heterocycles. The van der Waals surface area contributed by atoms with Crippen LogP contribution in [-0.2, 0) is 0 Å². The van der Waals surface area contributed by atoms with Gasteiger partial charge in [0.25, 0.3) is 0 Å². The molecule has 3 nitrogen and oxygen atoms in total. The minimum Gasteiger partial charge on any atom is -0.372 e. The molecular weight excluding hydrogens is 242 g/mol. The van der Waals surface area contributed by atoms with Crippen LogP contribution in [0.1, 0.15) is 38.5 Å². The third-order valence-corrected chi connectivity index (χ3v) is 5.28. The lowest BCUT2D eigenvalue weighted by Crippen LogP contribution is -2.60. The number of nitrogens with one attached hydrogen (secondary N) is 1. The van der Waals surface area contributed by atoms with Gasteiger partial charge in [-0.05, 0) is 56.3 Å². The molecule has 18 heavy (non-hydrogen) atoms. The van der Waals surface area contributed by atoms with Gasteiger partial charge < -0.3 is 5.32 Å². The first-order valence-electron chi connectivity index (χ1n) is 6.75. The van der Waals surface area contributed by atoms with Gasteiger partial charge in [0.2, 0.25) is 0 Å². The van der Waals surface area contributed by atoms with Crippen molar-refractivity contribution in [3.05, 3.63) is 0 Å². The second kappa shape index (κ2) is 4.21. The Hall–Kier alpha value is -1.13. The summed E-state index contributed by atoms with van der Waals surface area (Å²) < 4.78 is 0. The molecule has 0 atom stereocenters. The van der Waals surface area contributed by atoms with E-state index < -0.39 is 5.92 Å². The lowest BCUT2D eigenvalue weighted by molar-refractivity contribution is -0.0100. The second-order valence-corrected chi connectivity index (χ2v) is 6.82. The Morgan fingerprint density at radius 1 is 1.06 bits per heavy atom. The lowest BCUT2D eigenvalue weighted by atomic mass is 9.53. The van der Waals surface area contributed by atoms with Crippen LogP contribution < -0.4 is 5.32 Å². The van der Waals surface area contributed by atoms with Crippen molar-refractivity contribution in [1.29, 1.82) is 10.5 Å². The van der Waals surface area contributed by atoms with Crippen LogP contribution in [0.15, 0.2) is 0 Å². The van der Waals surface area contributed by atoms with Crippen LogP contribution in [0, 0.1) is 46.3 Å². The van der Waals surface area contributed by atoms with Crippen LogP contribution in [0.25, 0.3) is 0 Å². The van der Waals surface area contributed by atoms with E-state index in [2.05, 4.69) is 5.32 Å². The van der Waals surface area contributed by atoms with E-state index in [0.717, 1.165) is 17.8 Å². The largest absolute Gasteiger partial charge is 0.372 e. The maximum absolute atomic E-state index is 8.91. The van der Waals surface area contributed by atoms with Gasteiger partial charge >= 0.3 is 0 Å². The van der Waals surface area contributed by atoms with Crippen molar-refractivity contribution < 1.29 is 0 Å². The van der Waals surface area contributed by atoms with Crippen LogP contribution in [-0.4, -0.2) is 10.5 Å². The maximum atomic E-state index is 8.91. The van der Waals surface area contributed by atoms with Crippen LogP contribution >= 0.6 is 12.2 Å². The Morgan fingerprint density at radius 3 is 1.89 bits per heavy atom. The van der Waals surface area contributed by atoms with Gasteiger partial charge in [0.1, 0.15) is 4.99 Å². The summed E-state index contributed by atoms with van der Waals surface area (Å²) in [7, 11) is 0. The minimum absolute atomic E-state index is 0.109. The molecule has 4 bridgehead atoms. The van der Waals surface area contributed by atoms with Crippen molar-refractivity contribution in [2.75, 3.05) is 0 Å². The van der Waals surface area contributed by atoms with E-state index in [1.54, 1.807) is 0 Å². The fraction of sp³-hybridized carbons (Fsp3) is 0.786. The molecule has 4 aliphatic carbocycles. The van der Waals surface area contributed by atoms with E-state index in [1.807, 2.05) is 12.1 Å². The highest BCUT2D eigenvalue weighted by atomic mass is 32.1. The number of hydrogen-bond acceptors (Lipinski definition) is 3. The van der Waals surface area contributed by atoms with Gasteiger partial charge in [0.15, 0.2) is 5.92 Å². The van der Waals surface area contributed by atoms with E-state index in [9.17, 15) is 0 Å². The van der Waals surface area contributed by atoms with Crippen molar-refractivity contribution in [3.63, 3.8) is 0 Å². The Labute approximate surface area is 113 Å². The predicted molar refractivity (Wildman–Crippen MR) is 71.4 cm³/mol. The van der Waals surface area contributed by atoms with Crippen molar-refractivity contribution in [3.8, 4) is 12.1 Å². The zero-order valence-electron chi connectivity index (χ0n) is 10.4. The van der Waals surface area contributed by atoms with Gasteiger partial charge in [-0.25, -0.2) is 0 Å². The molecule has 0 unspecified atom stereocenters. The molecule has 0 aromatic carbocycles. The number of hydrogen-bond donors (Lipinski definition) is 1. The predicted octanol–water partition coefficient (Wildman–Crippen LogP) is 2.54. The Kier molecular flexibility index (Phi) is 2.79. The highest BCUT2D eigenvalue weighted by Gasteiger charge is 2.51. The molecule has 0 aliphatic heterocycles. The van der Waals surface area contributed by atoms with Gasteiger partial charge in [0.05, 0.1) is 12.1 Å². The van der Waals surface area contributed by atoms with Crippen molar-refractivity contribution in [2.24, 2.45) is 23.7 Å². The third kappa shape index (κ3) is 1.89. The average molecular weight is 259 g/mol. The van der Waals surface area contributed by atoms with E-state index >= 15 is 0 Å². The van der Waals surface area contributed by atoms with Gasteiger partial charge in [0, 0.05) is 5.54 Å². The van der Waals surface area contributed by atoms with Crippen molar-refractivity contribution in [1.82, 2.24) is 5.32 Å². The van der Waals surface area contributed by atoms with E-state index in [-0.39, 0.29) is 5.54 Å². The molecule has 1 N–H and O–H groups in total. The molecule has 0 radical (unpaired) electrons. The standard InChI is InChI=1S/C14H17N3S/c15-7-12(8-16)13(18)17-14-4-9-1-10(5-14)3-11(2-9)6-14/h9-12H,1-6H2,(H,17,18). The summed E-state index contributed by atoms with van der Waals surface area (Å²) in [6.07, 6.45) is 7.70. The fourth-order valence-electron chi connectivity index (χ4n) is 4.74. The highest BCUT2D eigenvalue weighted by molar-refractivity contribution is 7.80. The smallest absolute Gasteiger partial charge is 0.182 e. The summed E-state index contributed by atoms with van der Waals surface area (Å²) in [4.78, 5) is 0.446. The summed E-state index contributed by atoms with van der Waals surface area (Å²) in [5, 5.41) is 21.2. The Bertz CT molecular complexity index is 407. The normalized spacial score (nSPS) is 40.3. The molecule has 4 aliphatic rings. The van der Waals surface area contributed by atoms with Gasteiger partial charge in [-0.1, -0.05) is 12.2 Å². The maximum Gasteiger partial charge on any atom is 0.182 e. The second-order valence-electron chi connectivity index (χ2n) is 6.38. The number of thiocarbonyl (C=S) groups is 1. The first-order chi connectivity index (χ1) is 8.64. The molecule has 0 saturated heterocycles. The molecule has 0 amide bonds. The van der Waals surface area contributed by atoms with Crippen LogP contribution in [0.2, 0.25) is 0 Å². The molecule has 0 heterocycles. The summed E-state index contributed by atoms with van der Waals surface area (Å²) in [5.41, 5.74) is 0.109. The van der Waals surface area contributed by atoms with Crippen LogP contribution in [0.4, 0.5) is 0 Å². The Balaban J connectivity index is 1.75. The summed E-state index contributed by atoms with van der Waals surface area (Å²) in [5.74, 6) is 1.74. The molecule has 0 aromatic rings. The number of nitrogens with zero attached hydrogens (tertiary/aromatic N) is 2. The Morgan fingerprint density at radius 2 is 1.50 bits per heavy atom. The minimum atomic E-state index is -0.784. The quantitative estimate of drug-likeness (QED) is 0.774. The number of rotatable bonds is 2. The third-order valence-electron chi connectivity index (χ3n) is 4.95. The zero-order valence-corrected chi connectivity index (χ0v) is 11.2. The molecule has 0 spiro atoms. The summed E-state index contributed by atoms with van der Waals surface area (Å²) >= 11 is 5.25. The average Bonchev–Trinajstić information content (AvgIpc) is 2.27. The highest BCUT2D eigenvalue weighted by Crippen LogP contribution is 2.55. The summed E-state index contributed by atoms with van der Waals surface area (Å²) in [6, 6.07) is 3.94. The van der Waals surface area contributed by atoms with Crippen molar-refractivity contribution in [2.45, 2.75) is 44.1 Å². The number of nitriles is 2. The molecule has 4 rings (SSSR count). The fourth-order valence-corrected chi connectivity index (χ4v) is 5.07. The van der Waals surface area contributed by atoms with Gasteiger partial charge in [-0.2, -0.15) is 10.5 Å². The van der Waals surface area contributed by atoms with Gasteiger partial charge in [-0.15, -0.1) is 0 Å². The SMILES string of the molecule is N#CC(C#N)C(=S)NC12CC3CC(CC(C3)C1)C2. The molecule has 4 fully saturated rings. The molecular formula is C14H17N3S. The first-order valence-corrected chi connectivity index (χ1v) is 7.16. The van der Waals surface area contributed by atoms with Crippen molar-refractivity contribution >= 4 is 17.2 Å². The lowest BCUT2D eigenvalue weighted by Gasteiger charge is -2.57. The summed E-state index contributed by atoms with van der Waals surface area (Å²) in [6.45, 7) is 0. The van der Waals surface area contributed by atoms with Crippen LogP contribution in [0.3, 0.4) is 0 Å². The monoisotopic (exact) mass is 259 g/mol. The molecule has 4 heteroatoms. The van der Waals surface area contributed by atoms with Gasteiger partial charge in [-0.3, -0.25) is 0 Å². The van der Waals surface area contributed by atoms with E-state index in [1.165, 1.54) is 38.5 Å². The topological polar surface area (TPSA) is 59.6 Å². The van der Waals surface area contributed by atoms with E-state index in [0.29, 0.717) is 4.99 Å². The van der Waals surface area contributed by atoms with Crippen LogP contribution in [0.5, 0.6) is 0 Å². The zero-order chi connectivity index (χ0) is 12.8. The van der Waals surface area contributed by atoms with E-state index in [4.69, 9.17) is 22.7 Å². The first kappa shape index (κ1) is 11.9. The molecule has 94 valence electrons. The molecule has 4 saturated carbocycles.